The van der Waals surface area contributed by atoms with Crippen LogP contribution in [0.25, 0.3) is 223 Å². The van der Waals surface area contributed by atoms with Gasteiger partial charge in [-0.05, 0) is 165 Å². The molecule has 0 bridgehead atoms. The number of imidazole rings is 4. The molecule has 0 aliphatic heterocycles. The van der Waals surface area contributed by atoms with Crippen LogP contribution >= 0.6 is 34.0 Å². The van der Waals surface area contributed by atoms with E-state index in [4.69, 9.17) is 25.7 Å². The molecule has 0 unspecified atom stereocenters. The molecule has 24 aromatic rings. The fourth-order valence-corrected chi connectivity index (χ4v) is 18.4. The Morgan fingerprint density at radius 3 is 1.13 bits per heavy atom. The number of nitrogens with one attached hydrogen (secondary N) is 10. The number of rotatable bonds is 19. The number of aromatic nitrogens is 28. The van der Waals surface area contributed by atoms with Crippen molar-refractivity contribution in [2.75, 3.05) is 18.8 Å². The van der Waals surface area contributed by atoms with Gasteiger partial charge in [-0.3, -0.25) is 60.3 Å². The minimum Gasteiger partial charge on any atom is -0.397 e. The Kier molecular flexibility index (Phi) is 21.7. The van der Waals surface area contributed by atoms with Crippen molar-refractivity contribution in [3.05, 3.63) is 270 Å². The van der Waals surface area contributed by atoms with E-state index in [0.29, 0.717) is 79.4 Å². The average molecular weight is 1780 g/mol. The summed E-state index contributed by atoms with van der Waals surface area (Å²) < 4.78 is 14.6. The highest BCUT2D eigenvalue weighted by atomic mass is 32.1. The maximum Gasteiger partial charge on any atom is 0.181 e. The van der Waals surface area contributed by atoms with Crippen molar-refractivity contribution in [2.24, 2.45) is 5.92 Å². The molecule has 638 valence electrons. The topological polar surface area (TPSA) is 434 Å². The Hall–Kier alpha value is -16.5. The number of hydrogen-bond acceptors (Lipinski definition) is 26. The van der Waals surface area contributed by atoms with Crippen LogP contribution in [0.2, 0.25) is 0 Å². The van der Waals surface area contributed by atoms with Gasteiger partial charge in [-0.2, -0.15) is 54.4 Å². The van der Waals surface area contributed by atoms with E-state index in [0.717, 1.165) is 193 Å². The zero-order valence-electron chi connectivity index (χ0n) is 69.6. The number of nitrogens with zero attached hydrogens (tertiary/aromatic N) is 20. The van der Waals surface area contributed by atoms with Gasteiger partial charge in [0.25, 0.3) is 0 Å². The molecule has 1 aliphatic rings. The van der Waals surface area contributed by atoms with E-state index < -0.39 is 0 Å². The van der Waals surface area contributed by atoms with Crippen LogP contribution in [0.15, 0.2) is 253 Å². The van der Waals surface area contributed by atoms with Crippen molar-refractivity contribution in [3.63, 3.8) is 0 Å². The van der Waals surface area contributed by atoms with Crippen LogP contribution in [0.4, 0.5) is 10.1 Å². The number of benzene rings is 1. The summed E-state index contributed by atoms with van der Waals surface area (Å²) in [6, 6.07) is 31.2. The van der Waals surface area contributed by atoms with Gasteiger partial charge in [0.2, 0.25) is 0 Å². The number of anilines is 1. The van der Waals surface area contributed by atoms with E-state index >= 15 is 0 Å². The maximum absolute atomic E-state index is 14.6. The summed E-state index contributed by atoms with van der Waals surface area (Å²) in [6.07, 6.45) is 41.3. The first kappa shape index (κ1) is 80.4. The van der Waals surface area contributed by atoms with Crippen molar-refractivity contribution in [1.29, 1.82) is 0 Å². The minimum atomic E-state index is -0.318. The van der Waals surface area contributed by atoms with E-state index in [1.807, 2.05) is 91.6 Å². The molecule has 12 N–H and O–H groups in total. The van der Waals surface area contributed by atoms with Gasteiger partial charge in [0, 0.05) is 185 Å². The highest BCUT2D eigenvalue weighted by molar-refractivity contribution is 7.08. The summed E-state index contributed by atoms with van der Waals surface area (Å²) in [4.78, 5) is 85.7. The van der Waals surface area contributed by atoms with Gasteiger partial charge in [0.1, 0.15) is 50.7 Å². The minimum absolute atomic E-state index is 0.318. The van der Waals surface area contributed by atoms with E-state index in [2.05, 4.69) is 214 Å². The number of nitrogens with two attached hydrogens (primary N) is 1. The monoisotopic (exact) mass is 1780 g/mol. The third kappa shape index (κ3) is 16.3. The molecule has 1 aromatic carbocycles. The molecular weight excluding hydrogens is 1700 g/mol. The van der Waals surface area contributed by atoms with Gasteiger partial charge in [-0.25, -0.2) is 44.3 Å². The van der Waals surface area contributed by atoms with Crippen molar-refractivity contribution in [1.82, 2.24) is 151 Å². The lowest BCUT2D eigenvalue weighted by molar-refractivity contribution is 0.489. The van der Waals surface area contributed by atoms with E-state index in [1.54, 1.807) is 114 Å². The largest absolute Gasteiger partial charge is 0.397 e. The van der Waals surface area contributed by atoms with Gasteiger partial charge in [-0.1, -0.05) is 44.0 Å². The first-order valence-corrected chi connectivity index (χ1v) is 45.0. The molecule has 25 rings (SSSR count). The summed E-state index contributed by atoms with van der Waals surface area (Å²) in [5, 5.41) is 52.7. The fraction of sp³-hybridized carbons (Fsp3) is 0.104. The lowest BCUT2D eigenvalue weighted by Gasteiger charge is -2.11. The Bertz CT molecular complexity index is 8230. The number of thiophene rings is 3. The Morgan fingerprint density at radius 1 is 0.359 bits per heavy atom. The second-order valence-corrected chi connectivity index (χ2v) is 33.8. The molecule has 1 saturated carbocycles. The molecule has 1 fully saturated rings. The molecule has 35 heteroatoms. The second-order valence-electron chi connectivity index (χ2n) is 31.4. The third-order valence-electron chi connectivity index (χ3n) is 23.0. The standard InChI is InChI=1S/C30H27FN8.C24H20N8S.C21H14N8S.C21H13N7S/c31-25-8-4-3-7-22(25)24-16-34-17-26-27(24)37-30(36-26)28-23-10-21(15-35-29(23)39-38-28)20-9-19(13-33-14-20)12-32-11-18-5-1-2-6-18;1-2-25-7-14-5-16(9-26-8-14)17-6-18-22(31-32-23(18)28-10-17)24-29-20-12-27-11-19(21(20)30-24)15-3-4-33-13-15;22-14-3-12(5-23-7-14)13-4-15-19(28-29-20(15)25-6-13)21-26-17-9-24-8-16(18(17)27-21)11-1-2-30-10-11;1-2-12(7-22-4-1)14-6-15-19(27-28-20(15)24-8-14)21-25-17-10-23-9-16(18(17)26-21)13-3-5-29-11-13/h3-4,7-10,13-18,32H,1-2,5-6,11-12H2,(H,36,37)(H,35,38,39);3-6,8-13,25H,2,7H2,1H3,(H,29,30)(H,28,31,32);1-10H,22H2,(H,26,27)(H,25,28,29);1-11H,(H,25,26)(H,24,27,28). The number of hydrogen-bond donors (Lipinski definition) is 11. The van der Waals surface area contributed by atoms with Crippen LogP contribution in [0.1, 0.15) is 43.7 Å². The quantitative estimate of drug-likeness (QED) is 0.0358. The summed E-state index contributed by atoms with van der Waals surface area (Å²) >= 11 is 4.95. The molecular formula is C96H74FN31S3. The molecule has 0 spiro atoms. The number of pyridine rings is 12. The highest BCUT2D eigenvalue weighted by Crippen LogP contribution is 2.40. The average Bonchev–Trinajstić information content (AvgIpc) is 1.63. The normalized spacial score (nSPS) is 12.3. The number of nitrogen functional groups attached to an aromatic ring is 1. The second kappa shape index (κ2) is 35.4. The van der Waals surface area contributed by atoms with Crippen molar-refractivity contribution in [3.8, 4) is 135 Å². The van der Waals surface area contributed by atoms with Crippen molar-refractivity contribution < 1.29 is 4.39 Å². The van der Waals surface area contributed by atoms with Gasteiger partial charge >= 0.3 is 0 Å². The number of halogens is 1. The fourth-order valence-electron chi connectivity index (χ4n) is 16.5. The third-order valence-corrected chi connectivity index (χ3v) is 25.0. The smallest absolute Gasteiger partial charge is 0.181 e. The van der Waals surface area contributed by atoms with E-state index in [9.17, 15) is 4.39 Å². The summed E-state index contributed by atoms with van der Waals surface area (Å²) in [6.45, 7) is 5.64. The SMILES string of the molecule is CCNCc1cncc(-c2cnc3n[nH]c(-c4nc5c(-c6ccsc6)cncc5[nH]4)c3c2)c1.Fc1ccccc1-c1cncc2[nH]c(-c3[nH]nc4ncc(-c5cncc(CNCC6CCCC6)c5)cc34)nc12.Nc1cncc(-c2cnc3n[nH]c(-c4nc5c(-c6ccsc6)cncc5[nH]4)c3c2)c1.c1cncc(-c2cnc3n[nH]c(-c4nc5c(-c6ccsc6)cncc5[nH]4)c3c2)c1. The molecule has 23 heterocycles. The molecule has 0 atom stereocenters. The van der Waals surface area contributed by atoms with Crippen molar-refractivity contribution in [2.45, 2.75) is 45.7 Å². The van der Waals surface area contributed by atoms with E-state index in [-0.39, 0.29) is 5.82 Å². The molecule has 31 nitrogen and oxygen atoms in total. The zero-order valence-corrected chi connectivity index (χ0v) is 72.1. The molecule has 131 heavy (non-hydrogen) atoms. The number of H-pyrrole nitrogens is 8. The van der Waals surface area contributed by atoms with Crippen LogP contribution in [0, 0.1) is 11.7 Å². The van der Waals surface area contributed by atoms with Crippen LogP contribution in [0.5, 0.6) is 0 Å². The molecule has 0 saturated heterocycles. The summed E-state index contributed by atoms with van der Waals surface area (Å²) in [5.41, 5.74) is 36.0. The molecule has 0 amide bonds. The molecule has 23 aromatic heterocycles. The lowest BCUT2D eigenvalue weighted by Crippen LogP contribution is -2.20. The van der Waals surface area contributed by atoms with Crippen LogP contribution in [0.3, 0.4) is 0 Å². The van der Waals surface area contributed by atoms with Crippen LogP contribution < -0.4 is 16.4 Å². The summed E-state index contributed by atoms with van der Waals surface area (Å²) in [7, 11) is 0. The van der Waals surface area contributed by atoms with Gasteiger partial charge < -0.3 is 36.3 Å². The zero-order chi connectivity index (χ0) is 87.7. The highest BCUT2D eigenvalue weighted by Gasteiger charge is 2.24. The first-order chi connectivity index (χ1) is 64.6. The van der Waals surface area contributed by atoms with Gasteiger partial charge in [0.15, 0.2) is 45.9 Å². The predicted octanol–water partition coefficient (Wildman–Crippen LogP) is 19.8. The molecule has 0 radical (unpaired) electrons. The van der Waals surface area contributed by atoms with Gasteiger partial charge in [-0.15, -0.1) is 0 Å². The molecule has 1 aliphatic carbocycles. The Balaban J connectivity index is 0.000000103. The van der Waals surface area contributed by atoms with E-state index in [1.165, 1.54) is 31.7 Å². The maximum atomic E-state index is 14.6. The van der Waals surface area contributed by atoms with Crippen molar-refractivity contribution >= 4 is 128 Å². The van der Waals surface area contributed by atoms with Gasteiger partial charge in [0.05, 0.1) is 74.1 Å². The summed E-state index contributed by atoms with van der Waals surface area (Å²) in [5.74, 6) is 3.15. The Labute approximate surface area is 754 Å². The van der Waals surface area contributed by atoms with Crippen LogP contribution in [-0.2, 0) is 13.1 Å². The van der Waals surface area contributed by atoms with Crippen LogP contribution in [-0.4, -0.2) is 154 Å². The number of fused-ring (bicyclic) bond motifs is 8. The lowest BCUT2D eigenvalue weighted by atomic mass is 10.1. The number of aromatic amines is 8. The Morgan fingerprint density at radius 2 is 0.733 bits per heavy atom. The predicted molar refractivity (Wildman–Crippen MR) is 511 cm³/mol. The first-order valence-electron chi connectivity index (χ1n) is 42.1.